The van der Waals surface area contributed by atoms with E-state index < -0.39 is 15.7 Å². The van der Waals surface area contributed by atoms with Crippen LogP contribution in [0.3, 0.4) is 0 Å². The number of nitrogens with zero attached hydrogens (tertiary/aromatic N) is 5. The molecule has 0 bridgehead atoms. The molecule has 11 N–H and O–H groups in total. The molecule has 6 aliphatic rings. The summed E-state index contributed by atoms with van der Waals surface area (Å²) < 4.78 is -1.48. The van der Waals surface area contributed by atoms with E-state index in [0.717, 1.165) is 77.2 Å². The number of carbonyl (C=O) groups is 1. The van der Waals surface area contributed by atoms with E-state index in [1.54, 1.807) is 28.4 Å². The van der Waals surface area contributed by atoms with E-state index in [-0.39, 0.29) is 61.4 Å². The number of nitrogens with two attached hydrogens (primary N) is 5. The second-order valence-corrected chi connectivity index (χ2v) is 38.2. The minimum Gasteiger partial charge on any atom is -0.376 e. The summed E-state index contributed by atoms with van der Waals surface area (Å²) in [5.74, 6) is 4.59. The van der Waals surface area contributed by atoms with Gasteiger partial charge in [0.15, 0.2) is 0 Å². The van der Waals surface area contributed by atoms with Gasteiger partial charge in [0.2, 0.25) is 5.91 Å². The molecule has 1 unspecified atom stereocenters. The minimum atomic E-state index is -0.717. The van der Waals surface area contributed by atoms with Crippen LogP contribution in [0.5, 0.6) is 0 Å². The number of aliphatic hydroxyl groups is 1. The molecular formula is C96H118N10O2S5. The number of rotatable bonds is 10. The Bertz CT molecular complexity index is 4300. The number of hydrogen-bond donors (Lipinski definition) is 6. The lowest BCUT2D eigenvalue weighted by molar-refractivity contribution is -0.131. The Morgan fingerprint density at radius 2 is 0.637 bits per heavy atom. The Morgan fingerprint density at radius 1 is 0.336 bits per heavy atom. The van der Waals surface area contributed by atoms with Gasteiger partial charge < -0.3 is 43.6 Å². The summed E-state index contributed by atoms with van der Waals surface area (Å²) >= 11 is 9.43. The first-order valence-corrected chi connectivity index (χ1v) is 44.9. The van der Waals surface area contributed by atoms with Crippen LogP contribution in [-0.2, 0) is 28.5 Å². The molecule has 5 heterocycles. The van der Waals surface area contributed by atoms with Crippen molar-refractivity contribution in [2.75, 3.05) is 103 Å². The van der Waals surface area contributed by atoms with Gasteiger partial charge in [0.05, 0.1) is 14.2 Å². The normalized spacial score (nSPS) is 24.0. The summed E-state index contributed by atoms with van der Waals surface area (Å²) in [7, 11) is 10.5. The zero-order valence-electron chi connectivity index (χ0n) is 67.0. The molecule has 5 aliphatic heterocycles. The molecule has 16 rings (SSSR count). The van der Waals surface area contributed by atoms with Crippen LogP contribution in [0, 0.1) is 0 Å². The lowest BCUT2D eigenvalue weighted by Crippen LogP contribution is -2.58. The molecule has 10 aromatic rings. The van der Waals surface area contributed by atoms with E-state index in [9.17, 15) is 9.90 Å². The predicted octanol–water partition coefficient (Wildman–Crippen LogP) is 15.6. The third-order valence-electron chi connectivity index (χ3n) is 23.7. The number of hydrogen-bond acceptors (Lipinski definition) is 16. The first-order chi connectivity index (χ1) is 54.7. The van der Waals surface area contributed by atoms with Crippen LogP contribution in [0.2, 0.25) is 0 Å². The minimum absolute atomic E-state index is 0.00625. The van der Waals surface area contributed by atoms with Crippen LogP contribution in [0.4, 0.5) is 0 Å². The SMILES string of the molecule is CN1C[C@@H](N)CSC(c2ccccc2)(c2ccccc2)C1.CN1C[C@@H](N)CSC(c2ccccc2)(c2ccccc2)C1(C)C.CN1C[C@@H](N)CSC(c2ccccc2)(c2ccccc2)C12CCCC2.CN1C[C@@H](N)CSC(c2ccccc2)(c2ccccc2)C1=O.CN1C[C@@H](N)CSC(c2ccccc2)(c2ccccc2)C1O. The van der Waals surface area contributed by atoms with E-state index in [0.29, 0.717) is 13.1 Å². The van der Waals surface area contributed by atoms with Crippen molar-refractivity contribution in [3.05, 3.63) is 359 Å². The zero-order valence-corrected chi connectivity index (χ0v) is 71.0. The highest BCUT2D eigenvalue weighted by Crippen LogP contribution is 2.61. The maximum absolute atomic E-state index is 13.3. The fraction of sp³-hybridized carbons (Fsp3) is 0.365. The Balaban J connectivity index is 0.000000131. The zero-order chi connectivity index (χ0) is 79.7. The van der Waals surface area contributed by atoms with Crippen molar-refractivity contribution in [3.8, 4) is 0 Å². The summed E-state index contributed by atoms with van der Waals surface area (Å²) in [5.41, 5.74) is 44.0. The van der Waals surface area contributed by atoms with Crippen LogP contribution in [0.1, 0.15) is 95.2 Å². The Morgan fingerprint density at radius 3 is 1.04 bits per heavy atom. The molecule has 6 fully saturated rings. The molecule has 1 aliphatic carbocycles. The van der Waals surface area contributed by atoms with Crippen molar-refractivity contribution in [3.63, 3.8) is 0 Å². The average Bonchev–Trinajstić information content (AvgIpc) is 1.64. The first-order valence-electron chi connectivity index (χ1n) is 39.9. The second kappa shape index (κ2) is 38.9. The van der Waals surface area contributed by atoms with Gasteiger partial charge in [-0.15, -0.1) is 58.8 Å². The van der Waals surface area contributed by atoms with Crippen molar-refractivity contribution in [2.24, 2.45) is 28.7 Å². The molecule has 17 heteroatoms. The molecule has 113 heavy (non-hydrogen) atoms. The van der Waals surface area contributed by atoms with Gasteiger partial charge in [-0.3, -0.25) is 19.5 Å². The van der Waals surface area contributed by atoms with Crippen LogP contribution in [0.15, 0.2) is 303 Å². The van der Waals surface area contributed by atoms with E-state index in [4.69, 9.17) is 28.7 Å². The van der Waals surface area contributed by atoms with Gasteiger partial charge in [0.1, 0.15) is 15.7 Å². The third kappa shape index (κ3) is 18.3. The van der Waals surface area contributed by atoms with Crippen LogP contribution in [-0.4, -0.2) is 186 Å². The lowest BCUT2D eigenvalue weighted by Gasteiger charge is -2.52. The summed E-state index contributed by atoms with van der Waals surface area (Å²) in [5, 5.41) is 11.1. The predicted molar refractivity (Wildman–Crippen MR) is 485 cm³/mol. The largest absolute Gasteiger partial charge is 0.376 e. The van der Waals surface area contributed by atoms with Crippen molar-refractivity contribution in [1.29, 1.82) is 0 Å². The van der Waals surface area contributed by atoms with E-state index in [2.05, 4.69) is 268 Å². The Hall–Kier alpha value is -6.98. The van der Waals surface area contributed by atoms with Gasteiger partial charge in [-0.05, 0) is 111 Å². The van der Waals surface area contributed by atoms with Gasteiger partial charge in [-0.25, -0.2) is 0 Å². The van der Waals surface area contributed by atoms with Gasteiger partial charge >= 0.3 is 0 Å². The molecule has 1 spiro atoms. The number of benzene rings is 10. The summed E-state index contributed by atoms with van der Waals surface area (Å²) in [6, 6.07) is 107. The maximum atomic E-state index is 13.3. The highest BCUT2D eigenvalue weighted by atomic mass is 32.2. The van der Waals surface area contributed by atoms with Crippen molar-refractivity contribution in [1.82, 2.24) is 24.5 Å². The number of aliphatic hydroxyl groups excluding tert-OH is 1. The lowest BCUT2D eigenvalue weighted by atomic mass is 9.71. The first kappa shape index (κ1) is 85.4. The van der Waals surface area contributed by atoms with Gasteiger partial charge in [-0.1, -0.05) is 316 Å². The monoisotopic (exact) mass is 1600 g/mol. The smallest absolute Gasteiger partial charge is 0.247 e. The van der Waals surface area contributed by atoms with Gasteiger partial charge in [0, 0.05) is 116 Å². The molecule has 0 radical (unpaired) electrons. The summed E-state index contributed by atoms with van der Waals surface area (Å²) in [4.78, 5) is 24.4. The number of carbonyl (C=O) groups excluding carboxylic acids is 1. The Kier molecular flexibility index (Phi) is 29.4. The molecule has 10 aromatic carbocycles. The second-order valence-electron chi connectivity index (χ2n) is 31.9. The molecule has 5 saturated heterocycles. The molecule has 1 amide bonds. The average molecular weight is 1600 g/mol. The van der Waals surface area contributed by atoms with Gasteiger partial charge in [-0.2, -0.15) is 0 Å². The standard InChI is InChI=1S/C22H28N2S.C20H26N2S.C18H22N2OS.C18H20N2OS.C18H22N2S/c1-24-16-20(23)17-25-22(18-10-4-2-5-11-18,19-12-6-3-7-13-19)21(24)14-8-9-15-21;1-19(2)20(16-10-6-4-7-11-16,17-12-8-5-9-13-17)23-15-18(21)14-22(19)3;2*1-20-12-16(19)13-22-18(17(20)21,14-8-4-2-5-9-14)15-10-6-3-7-11-15;1-20-12-17(19)13-21-18(14-20,15-8-4-2-5-9-15)16-10-6-3-7-11-16/h2-7,10-13,20H,8-9,14-17,23H2,1H3;4-13,18H,14-15,21H2,1-3H3;2-11,16-17,21H,12-13,19H2,1H3;2-11,16H,12-13,19H2,1H3;2-11,17H,12-14,19H2,1H3/t20-;18-;16-,17?;16-;17-/m11111/s1. The maximum Gasteiger partial charge on any atom is 0.247 e. The van der Waals surface area contributed by atoms with Crippen LogP contribution < -0.4 is 28.7 Å². The Labute approximate surface area is 695 Å². The molecular weight excluding hydrogens is 1490 g/mol. The summed E-state index contributed by atoms with van der Waals surface area (Å²) in [6.45, 7) is 9.81. The van der Waals surface area contributed by atoms with Crippen molar-refractivity contribution in [2.45, 2.75) is 111 Å². The number of amides is 1. The van der Waals surface area contributed by atoms with E-state index >= 15 is 0 Å². The van der Waals surface area contributed by atoms with Crippen molar-refractivity contribution >= 4 is 64.7 Å². The highest BCUT2D eigenvalue weighted by molar-refractivity contribution is 8.01. The van der Waals surface area contributed by atoms with Gasteiger partial charge in [0.25, 0.3) is 0 Å². The number of thioether (sulfide) groups is 5. The van der Waals surface area contributed by atoms with E-state index in [1.165, 1.54) is 59.1 Å². The summed E-state index contributed by atoms with van der Waals surface area (Å²) in [6.07, 6.45) is 4.47. The van der Waals surface area contributed by atoms with E-state index in [1.807, 2.05) is 140 Å². The molecule has 0 aromatic heterocycles. The molecule has 1 saturated carbocycles. The molecule has 6 atom stereocenters. The topological polar surface area (TPSA) is 184 Å². The molecule has 12 nitrogen and oxygen atoms in total. The van der Waals surface area contributed by atoms with Crippen LogP contribution >= 0.6 is 58.8 Å². The molecule has 594 valence electrons. The fourth-order valence-electron chi connectivity index (χ4n) is 18.1. The quantitative estimate of drug-likeness (QED) is 0.0759. The third-order valence-corrected chi connectivity index (χ3v) is 32.7. The van der Waals surface area contributed by atoms with Crippen LogP contribution in [0.25, 0.3) is 0 Å². The fourth-order valence-corrected chi connectivity index (χ4v) is 26.0. The number of likely N-dealkylation sites (N-methyl/N-ethyl adjacent to an activating group) is 5. The van der Waals surface area contributed by atoms with Crippen molar-refractivity contribution < 1.29 is 9.90 Å². The highest BCUT2D eigenvalue weighted by Gasteiger charge is 2.59.